The maximum Gasteiger partial charge on any atom is 0.345 e. The Morgan fingerprint density at radius 3 is 2.59 bits per heavy atom. The van der Waals surface area contributed by atoms with Gasteiger partial charge in [-0.1, -0.05) is 51.1 Å². The number of fused-ring (bicyclic) bond motifs is 1. The zero-order valence-corrected chi connectivity index (χ0v) is 22.8. The second kappa shape index (κ2) is 10.5. The quantitative estimate of drug-likeness (QED) is 0.418. The molecule has 1 amide bonds. The topological polar surface area (TPSA) is 117 Å². The third-order valence-corrected chi connectivity index (χ3v) is 8.24. The van der Waals surface area contributed by atoms with Crippen molar-refractivity contribution in [2.75, 3.05) is 16.8 Å². The number of H-pyrrole nitrogens is 2. The van der Waals surface area contributed by atoms with Crippen molar-refractivity contribution in [1.82, 2.24) is 4.98 Å². The summed E-state index contributed by atoms with van der Waals surface area (Å²) in [5.74, 6) is 0.120. The van der Waals surface area contributed by atoms with E-state index < -0.39 is 11.4 Å². The third kappa shape index (κ3) is 5.93. The first kappa shape index (κ1) is 26.6. The van der Waals surface area contributed by atoms with Crippen LogP contribution in [0.15, 0.2) is 41.2 Å². The number of rotatable bonds is 7. The lowest BCUT2D eigenvalue weighted by atomic mass is 9.89. The summed E-state index contributed by atoms with van der Waals surface area (Å²) >= 11 is 1.33. The highest BCUT2D eigenvalue weighted by Gasteiger charge is 2.35. The molecule has 0 bridgehead atoms. The molecule has 0 spiro atoms. The summed E-state index contributed by atoms with van der Waals surface area (Å²) in [4.78, 5) is 47.0. The van der Waals surface area contributed by atoms with E-state index in [-0.39, 0.29) is 29.4 Å². The summed E-state index contributed by atoms with van der Waals surface area (Å²) in [7, 11) is 0. The second-order valence-corrected chi connectivity index (χ2v) is 12.0. The smallest absolute Gasteiger partial charge is 0.345 e. The number of aromatic nitrogens is 2. The van der Waals surface area contributed by atoms with E-state index in [4.69, 9.17) is 0 Å². The van der Waals surface area contributed by atoms with Crippen molar-refractivity contribution in [1.29, 1.82) is 0 Å². The van der Waals surface area contributed by atoms with Gasteiger partial charge >= 0.3 is 17.5 Å². The van der Waals surface area contributed by atoms with Crippen LogP contribution in [0, 0.1) is 18.3 Å². The Balaban J connectivity index is 1.65. The molecule has 1 aliphatic heterocycles. The molecular formula is C28H35N4O4S+. The van der Waals surface area contributed by atoms with E-state index in [0.717, 1.165) is 41.2 Å². The molecule has 1 aliphatic rings. The van der Waals surface area contributed by atoms with Gasteiger partial charge < -0.3 is 10.0 Å². The number of nitrogens with one attached hydrogen (secondary N) is 3. The number of carboxylic acid groups (broad SMARTS) is 1. The molecule has 0 fully saturated rings. The van der Waals surface area contributed by atoms with Gasteiger partial charge in [0.15, 0.2) is 0 Å². The molecule has 4 N–H and O–H groups in total. The third-order valence-electron chi connectivity index (χ3n) is 6.96. The number of aryl methyl sites for hydroxylation is 2. The molecule has 2 aromatic heterocycles. The number of carbonyl (C=O) groups is 2. The Bertz CT molecular complexity index is 1360. The van der Waals surface area contributed by atoms with Gasteiger partial charge in [0.1, 0.15) is 4.88 Å². The van der Waals surface area contributed by atoms with Crippen LogP contribution >= 0.6 is 11.3 Å². The fourth-order valence-electron chi connectivity index (χ4n) is 4.71. The normalized spacial score (nSPS) is 16.2. The van der Waals surface area contributed by atoms with E-state index in [1.165, 1.54) is 11.3 Å². The lowest BCUT2D eigenvalue weighted by molar-refractivity contribution is -0.353. The van der Waals surface area contributed by atoms with E-state index in [0.29, 0.717) is 16.9 Å². The highest BCUT2D eigenvalue weighted by molar-refractivity contribution is 7.14. The first-order chi connectivity index (χ1) is 17.4. The van der Waals surface area contributed by atoms with Crippen molar-refractivity contribution < 1.29 is 19.7 Å². The van der Waals surface area contributed by atoms with Crippen molar-refractivity contribution in [3.8, 4) is 0 Å². The summed E-state index contributed by atoms with van der Waals surface area (Å²) in [5, 5.41) is 12.2. The molecule has 3 aromatic rings. The zero-order valence-electron chi connectivity index (χ0n) is 22.0. The fourth-order valence-corrected chi connectivity index (χ4v) is 5.74. The van der Waals surface area contributed by atoms with Gasteiger partial charge in [-0.25, -0.2) is 20.1 Å². The molecule has 196 valence electrons. The van der Waals surface area contributed by atoms with Gasteiger partial charge in [0.25, 0.3) is 5.91 Å². The molecule has 8 nitrogen and oxygen atoms in total. The minimum Gasteiger partial charge on any atom is -0.477 e. The molecule has 0 unspecified atom stereocenters. The van der Waals surface area contributed by atoms with E-state index in [2.05, 4.69) is 39.2 Å². The highest BCUT2D eigenvalue weighted by Crippen LogP contribution is 2.34. The number of hydrogen-bond donors (Lipinski definition) is 3. The van der Waals surface area contributed by atoms with Crippen molar-refractivity contribution in [2.24, 2.45) is 11.3 Å². The van der Waals surface area contributed by atoms with Gasteiger partial charge in [-0.3, -0.25) is 9.59 Å². The van der Waals surface area contributed by atoms with Crippen molar-refractivity contribution >= 4 is 35.0 Å². The van der Waals surface area contributed by atoms with Gasteiger partial charge in [-0.2, -0.15) is 0 Å². The monoisotopic (exact) mass is 523 g/mol. The maximum atomic E-state index is 13.3. The van der Waals surface area contributed by atoms with Gasteiger partial charge in [-0.05, 0) is 56.2 Å². The predicted octanol–water partition coefficient (Wildman–Crippen LogP) is 4.61. The number of amides is 1. The summed E-state index contributed by atoms with van der Waals surface area (Å²) in [6.45, 7) is 10.3. The molecule has 0 aliphatic carbocycles. The molecule has 0 radical (unpaired) electrons. The van der Waals surface area contributed by atoms with Crippen LogP contribution in [-0.2, 0) is 17.6 Å². The Morgan fingerprint density at radius 2 is 1.97 bits per heavy atom. The summed E-state index contributed by atoms with van der Waals surface area (Å²) in [6, 6.07) is 11.9. The van der Waals surface area contributed by atoms with E-state index in [1.807, 2.05) is 45.9 Å². The Kier molecular flexibility index (Phi) is 7.54. The predicted molar refractivity (Wildman–Crippen MR) is 145 cm³/mol. The second-order valence-electron chi connectivity index (χ2n) is 10.9. The first-order valence-electron chi connectivity index (χ1n) is 12.6. The molecule has 2 atom stereocenters. The fraction of sp³-hybridized carbons (Fsp3) is 0.429. The number of anilines is 2. The lowest BCUT2D eigenvalue weighted by Crippen LogP contribution is -2.45. The molecule has 4 rings (SSSR count). The number of carboxylic acids is 1. The Labute approximate surface area is 220 Å². The highest BCUT2D eigenvalue weighted by atomic mass is 32.1. The van der Waals surface area contributed by atoms with E-state index >= 15 is 0 Å². The number of nitrogens with zero attached hydrogens (tertiary/aromatic N) is 1. The Morgan fingerprint density at radius 1 is 1.27 bits per heavy atom. The van der Waals surface area contributed by atoms with Gasteiger partial charge in [-0.15, -0.1) is 11.3 Å². The number of carbonyl (C=O) groups excluding carboxylic acids is 1. The molecule has 37 heavy (non-hydrogen) atoms. The van der Waals surface area contributed by atoms with E-state index in [9.17, 15) is 19.5 Å². The number of benzene rings is 1. The van der Waals surface area contributed by atoms with Gasteiger partial charge in [0.05, 0.1) is 23.6 Å². The van der Waals surface area contributed by atoms with Crippen LogP contribution in [0.4, 0.5) is 11.8 Å². The number of aromatic carboxylic acids is 1. The minimum atomic E-state index is -0.898. The van der Waals surface area contributed by atoms with Crippen LogP contribution in [0.5, 0.6) is 0 Å². The van der Waals surface area contributed by atoms with Gasteiger partial charge in [0, 0.05) is 4.88 Å². The van der Waals surface area contributed by atoms with Gasteiger partial charge in [0.2, 0.25) is 5.82 Å². The number of thiophene rings is 1. The van der Waals surface area contributed by atoms with Crippen LogP contribution in [0.25, 0.3) is 0 Å². The standard InChI is InChI=1S/C28H34N4O4S/c1-16-13-22(25(34)35)37-21(16)12-11-18-14-20-23(32(15-18)17(2)19-9-7-6-8-10-19)29-27(30-24(20)33)31-26(36)28(3,4)5/h6-10,13,17-18H,11-12,14-15H2,1-5H3,(H,34,35)(H2,29,30,31,33,36)/p+1/t17-,18+/m1/s1. The molecule has 1 aromatic carbocycles. The largest absolute Gasteiger partial charge is 0.477 e. The maximum absolute atomic E-state index is 13.3. The van der Waals surface area contributed by atoms with E-state index in [1.54, 1.807) is 6.07 Å². The first-order valence-corrected chi connectivity index (χ1v) is 13.4. The lowest BCUT2D eigenvalue weighted by Gasteiger charge is -2.36. The van der Waals surface area contributed by atoms with Crippen molar-refractivity contribution in [3.63, 3.8) is 0 Å². The Hall–Kier alpha value is -3.46. The molecule has 0 saturated carbocycles. The summed E-state index contributed by atoms with van der Waals surface area (Å²) in [5.41, 5.74) is 1.97. The molecule has 9 heteroatoms. The SMILES string of the molecule is Cc1cc(C(=O)O)sc1CC[C@H]1Cc2c([nH+]c(NC(=O)C(C)(C)C)[nH]c2=O)N([C@H](C)c2ccccc2)C1. The number of aromatic amines is 2. The number of hydrogen-bond acceptors (Lipinski definition) is 5. The van der Waals surface area contributed by atoms with Crippen LogP contribution < -0.4 is 20.8 Å². The summed E-state index contributed by atoms with van der Waals surface area (Å²) in [6.07, 6.45) is 2.20. The minimum absolute atomic E-state index is 0.00551. The molecule has 0 saturated heterocycles. The molecular weight excluding hydrogens is 488 g/mol. The zero-order chi connectivity index (χ0) is 26.9. The average Bonchev–Trinajstić information content (AvgIpc) is 3.23. The molecule has 3 heterocycles. The average molecular weight is 524 g/mol. The van der Waals surface area contributed by atoms with Crippen LogP contribution in [-0.4, -0.2) is 28.5 Å². The van der Waals surface area contributed by atoms with Crippen LogP contribution in [0.3, 0.4) is 0 Å². The van der Waals surface area contributed by atoms with Crippen molar-refractivity contribution in [3.05, 3.63) is 73.2 Å². The summed E-state index contributed by atoms with van der Waals surface area (Å²) < 4.78 is 0. The van der Waals surface area contributed by atoms with Crippen LogP contribution in [0.2, 0.25) is 0 Å². The van der Waals surface area contributed by atoms with Crippen molar-refractivity contribution in [2.45, 2.75) is 59.9 Å². The van der Waals surface area contributed by atoms with Crippen LogP contribution in [0.1, 0.15) is 71.4 Å².